The minimum Gasteiger partial charge on any atom is -0.489 e. The van der Waals surface area contributed by atoms with Crippen LogP contribution in [-0.4, -0.2) is 37.3 Å². The summed E-state index contributed by atoms with van der Waals surface area (Å²) < 4.78 is 44.4. The molecule has 3 rings (SSSR count). The van der Waals surface area contributed by atoms with Gasteiger partial charge < -0.3 is 10.1 Å². The Morgan fingerprint density at radius 1 is 0.966 bits per heavy atom. The smallest absolute Gasteiger partial charge is 0.389 e. The molecule has 0 amide bonds. The van der Waals surface area contributed by atoms with Crippen LogP contribution >= 0.6 is 24.8 Å². The maximum absolute atomic E-state index is 12.8. The van der Waals surface area contributed by atoms with Gasteiger partial charge in [0, 0.05) is 38.6 Å². The highest BCUT2D eigenvalue weighted by Gasteiger charge is 2.31. The first kappa shape index (κ1) is 25.6. The summed E-state index contributed by atoms with van der Waals surface area (Å²) in [7, 11) is 0. The van der Waals surface area contributed by atoms with Crippen LogP contribution in [0.4, 0.5) is 13.2 Å². The highest BCUT2D eigenvalue weighted by atomic mass is 35.5. The van der Waals surface area contributed by atoms with E-state index in [0.29, 0.717) is 12.4 Å². The number of nitrogens with one attached hydrogen (secondary N) is 1. The van der Waals surface area contributed by atoms with Gasteiger partial charge in [0.05, 0.1) is 0 Å². The highest BCUT2D eigenvalue weighted by molar-refractivity contribution is 5.85. The monoisotopic (exact) mass is 450 g/mol. The number of hydrogen-bond donors (Lipinski definition) is 1. The predicted octanol–water partition coefficient (Wildman–Crippen LogP) is 5.40. The van der Waals surface area contributed by atoms with Crippen molar-refractivity contribution >= 4 is 24.8 Å². The summed E-state index contributed by atoms with van der Waals surface area (Å²) in [5, 5.41) is 3.25. The quantitative estimate of drug-likeness (QED) is 0.611. The third-order valence-electron chi connectivity index (χ3n) is 4.78. The average Bonchev–Trinajstić information content (AvgIpc) is 2.68. The summed E-state index contributed by atoms with van der Waals surface area (Å²) in [5.74, 6) is 0.684. The van der Waals surface area contributed by atoms with E-state index in [1.165, 1.54) is 0 Å². The largest absolute Gasteiger partial charge is 0.489 e. The minimum absolute atomic E-state index is 0. The van der Waals surface area contributed by atoms with Crippen LogP contribution in [0, 0.1) is 0 Å². The number of rotatable bonds is 7. The molecule has 0 unspecified atom stereocenters. The third kappa shape index (κ3) is 8.42. The van der Waals surface area contributed by atoms with Crippen LogP contribution in [0.3, 0.4) is 0 Å². The Bertz CT molecular complexity index is 711. The molecule has 1 fully saturated rings. The topological polar surface area (TPSA) is 24.5 Å². The van der Waals surface area contributed by atoms with Gasteiger partial charge in [0.1, 0.15) is 12.4 Å². The van der Waals surface area contributed by atoms with E-state index in [9.17, 15) is 13.2 Å². The number of benzene rings is 2. The third-order valence-corrected chi connectivity index (χ3v) is 4.78. The van der Waals surface area contributed by atoms with Gasteiger partial charge in [-0.3, -0.25) is 4.90 Å². The molecule has 29 heavy (non-hydrogen) atoms. The van der Waals surface area contributed by atoms with Gasteiger partial charge in [-0.05, 0) is 29.7 Å². The van der Waals surface area contributed by atoms with Crippen LogP contribution < -0.4 is 10.1 Å². The fourth-order valence-corrected chi connectivity index (χ4v) is 3.41. The molecule has 1 aliphatic heterocycles. The molecule has 1 heterocycles. The van der Waals surface area contributed by atoms with E-state index in [4.69, 9.17) is 4.74 Å². The Hall–Kier alpha value is -1.47. The molecule has 8 heteroatoms. The lowest BCUT2D eigenvalue weighted by molar-refractivity contribution is -0.138. The van der Waals surface area contributed by atoms with E-state index in [1.807, 2.05) is 54.6 Å². The summed E-state index contributed by atoms with van der Waals surface area (Å²) in [4.78, 5) is 2.14. The summed E-state index contributed by atoms with van der Waals surface area (Å²) >= 11 is 0. The first-order chi connectivity index (χ1) is 13.0. The molecule has 162 valence electrons. The molecule has 0 aromatic heterocycles. The van der Waals surface area contributed by atoms with Crippen molar-refractivity contribution in [1.82, 2.24) is 10.2 Å². The molecule has 2 aromatic rings. The second kappa shape index (κ2) is 12.3. The Kier molecular flexibility index (Phi) is 10.8. The van der Waals surface area contributed by atoms with Gasteiger partial charge in [-0.25, -0.2) is 0 Å². The number of piperazine rings is 1. The molecule has 0 spiro atoms. The molecule has 1 N–H and O–H groups in total. The van der Waals surface area contributed by atoms with Crippen LogP contribution in [0.15, 0.2) is 54.6 Å². The van der Waals surface area contributed by atoms with E-state index in [1.54, 1.807) is 0 Å². The molecule has 1 atom stereocenters. The van der Waals surface area contributed by atoms with Crippen LogP contribution in [0.2, 0.25) is 0 Å². The Morgan fingerprint density at radius 3 is 2.31 bits per heavy atom. The van der Waals surface area contributed by atoms with E-state index < -0.39 is 12.6 Å². The molecule has 1 saturated heterocycles. The molecular weight excluding hydrogens is 424 g/mol. The molecule has 0 radical (unpaired) electrons. The van der Waals surface area contributed by atoms with Crippen molar-refractivity contribution in [2.45, 2.75) is 31.7 Å². The van der Waals surface area contributed by atoms with Crippen LogP contribution in [0.25, 0.3) is 0 Å². The molecule has 0 bridgehead atoms. The molecule has 1 aliphatic rings. The lowest BCUT2D eigenvalue weighted by Crippen LogP contribution is -2.45. The Labute approximate surface area is 182 Å². The van der Waals surface area contributed by atoms with Gasteiger partial charge in [-0.2, -0.15) is 13.2 Å². The number of ether oxygens (including phenoxy) is 1. The Balaban J connectivity index is 0.00000210. The lowest BCUT2D eigenvalue weighted by Gasteiger charge is -2.35. The fraction of sp³-hybridized carbons (Fsp3) is 0.429. The van der Waals surface area contributed by atoms with Gasteiger partial charge >= 0.3 is 6.18 Å². The maximum Gasteiger partial charge on any atom is 0.389 e. The zero-order valence-corrected chi connectivity index (χ0v) is 17.7. The fourth-order valence-electron chi connectivity index (χ4n) is 3.41. The van der Waals surface area contributed by atoms with Crippen molar-refractivity contribution in [2.24, 2.45) is 0 Å². The molecule has 2 aromatic carbocycles. The summed E-state index contributed by atoms with van der Waals surface area (Å²) in [6.45, 7) is 3.53. The molecule has 3 nitrogen and oxygen atoms in total. The number of hydrogen-bond acceptors (Lipinski definition) is 3. The normalized spacial score (nSPS) is 15.7. The van der Waals surface area contributed by atoms with Gasteiger partial charge in [-0.15, -0.1) is 24.8 Å². The van der Waals surface area contributed by atoms with E-state index in [2.05, 4.69) is 10.2 Å². The SMILES string of the molecule is Cl.Cl.FC(F)(F)CC[C@H](c1cccc(OCc2ccccc2)c1)N1CCNCC1. The van der Waals surface area contributed by atoms with Crippen molar-refractivity contribution in [1.29, 1.82) is 0 Å². The molecule has 0 saturated carbocycles. The minimum atomic E-state index is -4.15. The van der Waals surface area contributed by atoms with Crippen molar-refractivity contribution in [3.8, 4) is 5.75 Å². The zero-order valence-electron chi connectivity index (χ0n) is 16.0. The first-order valence-electron chi connectivity index (χ1n) is 9.29. The van der Waals surface area contributed by atoms with Gasteiger partial charge in [0.15, 0.2) is 0 Å². The standard InChI is InChI=1S/C21H25F3N2O.2ClH/c22-21(23,24)10-9-20(26-13-11-25-12-14-26)18-7-4-8-19(15-18)27-16-17-5-2-1-3-6-17;;/h1-8,15,20,25H,9-14,16H2;2*1H/t20-;;/m1../s1. The Morgan fingerprint density at radius 2 is 1.66 bits per heavy atom. The van der Waals surface area contributed by atoms with Crippen molar-refractivity contribution in [2.75, 3.05) is 26.2 Å². The van der Waals surface area contributed by atoms with E-state index in [-0.39, 0.29) is 37.3 Å². The van der Waals surface area contributed by atoms with Crippen LogP contribution in [0.1, 0.15) is 30.0 Å². The van der Waals surface area contributed by atoms with Crippen LogP contribution in [0.5, 0.6) is 5.75 Å². The summed E-state index contributed by atoms with van der Waals surface area (Å²) in [5.41, 5.74) is 1.94. The molecule has 0 aliphatic carbocycles. The van der Waals surface area contributed by atoms with Crippen molar-refractivity contribution < 1.29 is 17.9 Å². The average molecular weight is 451 g/mol. The number of alkyl halides is 3. The van der Waals surface area contributed by atoms with Gasteiger partial charge in [0.2, 0.25) is 0 Å². The zero-order chi connectivity index (χ0) is 19.1. The lowest BCUT2D eigenvalue weighted by atomic mass is 9.99. The van der Waals surface area contributed by atoms with Crippen molar-refractivity contribution in [3.63, 3.8) is 0 Å². The van der Waals surface area contributed by atoms with Gasteiger partial charge in [0.25, 0.3) is 0 Å². The second-order valence-corrected chi connectivity index (χ2v) is 6.80. The highest BCUT2D eigenvalue weighted by Crippen LogP contribution is 2.33. The molecular formula is C21H27Cl2F3N2O. The summed E-state index contributed by atoms with van der Waals surface area (Å²) in [6.07, 6.45) is -4.87. The number of halogens is 5. The first-order valence-corrected chi connectivity index (χ1v) is 9.29. The second-order valence-electron chi connectivity index (χ2n) is 6.80. The van der Waals surface area contributed by atoms with Crippen LogP contribution in [-0.2, 0) is 6.61 Å². The van der Waals surface area contributed by atoms with Crippen molar-refractivity contribution in [3.05, 3.63) is 65.7 Å². The van der Waals surface area contributed by atoms with E-state index in [0.717, 1.165) is 37.3 Å². The van der Waals surface area contributed by atoms with Gasteiger partial charge in [-0.1, -0.05) is 42.5 Å². The maximum atomic E-state index is 12.8. The van der Waals surface area contributed by atoms with E-state index >= 15 is 0 Å². The predicted molar refractivity (Wildman–Crippen MR) is 114 cm³/mol. The summed E-state index contributed by atoms with van der Waals surface area (Å²) in [6, 6.07) is 17.1. The number of nitrogens with zero attached hydrogens (tertiary/aromatic N) is 1.